The van der Waals surface area contributed by atoms with Crippen molar-refractivity contribution in [2.45, 2.75) is 0 Å². The fraction of sp³-hybridized carbons (Fsp3) is 0.0500. The maximum absolute atomic E-state index is 12.2. The number of nitrogens with one attached hydrogen (secondary N) is 2. The van der Waals surface area contributed by atoms with E-state index in [-0.39, 0.29) is 12.5 Å². The number of thiazole rings is 1. The molecule has 3 N–H and O–H groups in total. The lowest BCUT2D eigenvalue weighted by molar-refractivity contribution is 0.0706. The molecule has 0 radical (unpaired) electrons. The Morgan fingerprint density at radius 1 is 1.04 bits per heavy atom. The summed E-state index contributed by atoms with van der Waals surface area (Å²) in [6.45, 7) is 0.179. The van der Waals surface area contributed by atoms with Crippen LogP contribution in [0.1, 0.15) is 25.7 Å². The summed E-state index contributed by atoms with van der Waals surface area (Å²) < 4.78 is 0. The lowest BCUT2D eigenvalue weighted by Crippen LogP contribution is -2.23. The first kappa shape index (κ1) is 18.3. The van der Waals surface area contributed by atoms with Gasteiger partial charge >= 0.3 is 0 Å². The van der Waals surface area contributed by atoms with E-state index < -0.39 is 5.91 Å². The average Bonchev–Trinajstić information content (AvgIpc) is 3.22. The maximum Gasteiger partial charge on any atom is 0.281 e. The van der Waals surface area contributed by atoms with Crippen molar-refractivity contribution < 1.29 is 14.8 Å². The van der Waals surface area contributed by atoms with Crippen molar-refractivity contribution in [2.75, 3.05) is 6.54 Å². The minimum absolute atomic E-state index is 0.179. The lowest BCUT2D eigenvalue weighted by Gasteiger charge is -1.98. The molecule has 1 aromatic heterocycles. The minimum Gasteiger partial charge on any atom is -0.339 e. The predicted molar refractivity (Wildman–Crippen MR) is 102 cm³/mol. The Bertz CT molecular complexity index is 1000. The summed E-state index contributed by atoms with van der Waals surface area (Å²) in [6, 6.07) is 16.1. The van der Waals surface area contributed by atoms with Crippen molar-refractivity contribution in [1.29, 1.82) is 0 Å². The molecule has 6 nitrogen and oxygen atoms in total. The summed E-state index contributed by atoms with van der Waals surface area (Å²) in [5.41, 5.74) is 4.32. The standard InChI is InChI=1S/C20H15N3O3S/c24-18(23-26)16-10-8-14(9-11-16)5-4-12-21-19(25)20-22-17(13-27-20)15-6-2-1-3-7-15/h1-3,6-11,13,26H,12H2,(H,21,25)(H,23,24). The molecule has 2 amide bonds. The highest BCUT2D eigenvalue weighted by Gasteiger charge is 2.11. The van der Waals surface area contributed by atoms with Crippen LogP contribution in [0.15, 0.2) is 60.0 Å². The maximum atomic E-state index is 12.2. The highest BCUT2D eigenvalue weighted by atomic mass is 32.1. The van der Waals surface area contributed by atoms with Gasteiger partial charge in [0.2, 0.25) is 0 Å². The molecule has 2 aromatic carbocycles. The topological polar surface area (TPSA) is 91.3 Å². The van der Waals surface area contributed by atoms with E-state index in [0.717, 1.165) is 11.3 Å². The molecule has 0 bridgehead atoms. The highest BCUT2D eigenvalue weighted by molar-refractivity contribution is 7.12. The highest BCUT2D eigenvalue weighted by Crippen LogP contribution is 2.21. The van der Waals surface area contributed by atoms with Crippen LogP contribution in [-0.4, -0.2) is 28.6 Å². The number of aromatic nitrogens is 1. The zero-order chi connectivity index (χ0) is 19.1. The van der Waals surface area contributed by atoms with Crippen molar-refractivity contribution in [3.05, 3.63) is 76.1 Å². The predicted octanol–water partition coefficient (Wildman–Crippen LogP) is 2.71. The number of amides is 2. The van der Waals surface area contributed by atoms with Gasteiger partial charge < -0.3 is 5.32 Å². The number of hydrogen-bond donors (Lipinski definition) is 3. The molecule has 0 aliphatic heterocycles. The second kappa shape index (κ2) is 8.76. The van der Waals surface area contributed by atoms with Crippen molar-refractivity contribution in [2.24, 2.45) is 0 Å². The van der Waals surface area contributed by atoms with E-state index in [1.165, 1.54) is 11.3 Å². The van der Waals surface area contributed by atoms with Crippen LogP contribution in [0.25, 0.3) is 11.3 Å². The minimum atomic E-state index is -0.583. The van der Waals surface area contributed by atoms with Gasteiger partial charge in [0.15, 0.2) is 5.01 Å². The van der Waals surface area contributed by atoms with Gasteiger partial charge in [-0.2, -0.15) is 0 Å². The van der Waals surface area contributed by atoms with Crippen molar-refractivity contribution in [3.63, 3.8) is 0 Å². The largest absolute Gasteiger partial charge is 0.339 e. The molecule has 3 aromatic rings. The summed E-state index contributed by atoms with van der Waals surface area (Å²) in [5.74, 6) is 4.88. The van der Waals surface area contributed by atoms with Crippen LogP contribution in [0.3, 0.4) is 0 Å². The van der Waals surface area contributed by atoms with Crippen LogP contribution in [0, 0.1) is 11.8 Å². The molecule has 3 rings (SSSR count). The number of hydroxylamine groups is 1. The van der Waals surface area contributed by atoms with Crippen LogP contribution >= 0.6 is 11.3 Å². The molecule has 0 fully saturated rings. The van der Waals surface area contributed by atoms with Gasteiger partial charge in [0.05, 0.1) is 12.2 Å². The number of hydrogen-bond acceptors (Lipinski definition) is 5. The smallest absolute Gasteiger partial charge is 0.281 e. The Morgan fingerprint density at radius 2 is 1.78 bits per heavy atom. The third-order valence-corrected chi connectivity index (χ3v) is 4.43. The van der Waals surface area contributed by atoms with Gasteiger partial charge in [-0.25, -0.2) is 10.5 Å². The molecule has 0 saturated carbocycles. The summed E-state index contributed by atoms with van der Waals surface area (Å²) in [6.07, 6.45) is 0. The third-order valence-electron chi connectivity index (χ3n) is 3.59. The fourth-order valence-corrected chi connectivity index (χ4v) is 2.98. The molecule has 27 heavy (non-hydrogen) atoms. The number of carbonyl (C=O) groups is 2. The lowest BCUT2D eigenvalue weighted by atomic mass is 10.1. The monoisotopic (exact) mass is 377 g/mol. The Balaban J connectivity index is 1.55. The summed E-state index contributed by atoms with van der Waals surface area (Å²) in [7, 11) is 0. The first-order valence-corrected chi connectivity index (χ1v) is 8.88. The molecule has 134 valence electrons. The quantitative estimate of drug-likeness (QED) is 0.370. The molecule has 0 aliphatic carbocycles. The van der Waals surface area contributed by atoms with Gasteiger partial charge in [-0.1, -0.05) is 42.2 Å². The summed E-state index contributed by atoms with van der Waals surface area (Å²) in [5, 5.41) is 13.5. The molecule has 0 unspecified atom stereocenters. The number of nitrogens with zero attached hydrogens (tertiary/aromatic N) is 1. The molecule has 0 atom stereocenters. The van der Waals surface area contributed by atoms with Crippen LogP contribution in [-0.2, 0) is 0 Å². The second-order valence-electron chi connectivity index (χ2n) is 5.41. The van der Waals surface area contributed by atoms with Gasteiger partial charge in [0.1, 0.15) is 0 Å². The van der Waals surface area contributed by atoms with E-state index in [1.54, 1.807) is 29.7 Å². The van der Waals surface area contributed by atoms with Gasteiger partial charge in [-0.15, -0.1) is 11.3 Å². The molecular formula is C20H15N3O3S. The van der Waals surface area contributed by atoms with Gasteiger partial charge in [0.25, 0.3) is 11.8 Å². The van der Waals surface area contributed by atoms with Gasteiger partial charge in [0, 0.05) is 22.1 Å². The van der Waals surface area contributed by atoms with Gasteiger partial charge in [-0.3, -0.25) is 14.8 Å². The van der Waals surface area contributed by atoms with E-state index in [2.05, 4.69) is 22.1 Å². The SMILES string of the molecule is O=C(NO)c1ccc(C#CCNC(=O)c2nc(-c3ccccc3)cs2)cc1. The Labute approximate surface area is 159 Å². The Morgan fingerprint density at radius 3 is 2.48 bits per heavy atom. The molecule has 7 heteroatoms. The van der Waals surface area contributed by atoms with E-state index in [0.29, 0.717) is 16.1 Å². The number of rotatable bonds is 4. The normalized spacial score (nSPS) is 9.81. The molecule has 0 saturated heterocycles. The third kappa shape index (κ3) is 4.79. The molecular weight excluding hydrogens is 362 g/mol. The van der Waals surface area contributed by atoms with Crippen molar-refractivity contribution in [1.82, 2.24) is 15.8 Å². The zero-order valence-corrected chi connectivity index (χ0v) is 14.9. The number of carbonyl (C=O) groups excluding carboxylic acids is 2. The first-order chi connectivity index (χ1) is 13.2. The fourth-order valence-electron chi connectivity index (χ4n) is 2.24. The Hall–Kier alpha value is -3.47. The van der Waals surface area contributed by atoms with Gasteiger partial charge in [-0.05, 0) is 24.3 Å². The van der Waals surface area contributed by atoms with Crippen LogP contribution in [0.2, 0.25) is 0 Å². The van der Waals surface area contributed by atoms with E-state index in [4.69, 9.17) is 5.21 Å². The molecule has 0 spiro atoms. The van der Waals surface area contributed by atoms with Crippen molar-refractivity contribution >= 4 is 23.2 Å². The molecule has 0 aliphatic rings. The second-order valence-corrected chi connectivity index (χ2v) is 6.26. The Kier molecular flexibility index (Phi) is 5.94. The first-order valence-electron chi connectivity index (χ1n) is 8.00. The van der Waals surface area contributed by atoms with E-state index >= 15 is 0 Å². The summed E-state index contributed by atoms with van der Waals surface area (Å²) in [4.78, 5) is 27.7. The summed E-state index contributed by atoms with van der Waals surface area (Å²) >= 11 is 1.28. The van der Waals surface area contributed by atoms with Crippen LogP contribution in [0.5, 0.6) is 0 Å². The molecule has 1 heterocycles. The number of benzene rings is 2. The van der Waals surface area contributed by atoms with Crippen molar-refractivity contribution in [3.8, 4) is 23.1 Å². The van der Waals surface area contributed by atoms with Crippen LogP contribution < -0.4 is 10.8 Å². The van der Waals surface area contributed by atoms with E-state index in [1.807, 2.05) is 35.7 Å². The van der Waals surface area contributed by atoms with E-state index in [9.17, 15) is 9.59 Å². The average molecular weight is 377 g/mol. The van der Waals surface area contributed by atoms with Crippen LogP contribution in [0.4, 0.5) is 0 Å². The zero-order valence-electron chi connectivity index (χ0n) is 14.1.